The van der Waals surface area contributed by atoms with E-state index in [0.29, 0.717) is 51.2 Å². The Kier molecular flexibility index (Phi) is 10.1. The number of piperazine rings is 1. The molecule has 258 valence electrons. The van der Waals surface area contributed by atoms with Crippen LogP contribution in [0, 0.1) is 11.3 Å². The predicted octanol–water partition coefficient (Wildman–Crippen LogP) is 5.53. The van der Waals surface area contributed by atoms with E-state index in [2.05, 4.69) is 48.9 Å². The van der Waals surface area contributed by atoms with Gasteiger partial charge >= 0.3 is 6.01 Å². The highest BCUT2D eigenvalue weighted by Gasteiger charge is 2.45. The average Bonchev–Trinajstić information content (AvgIpc) is 3.74. The van der Waals surface area contributed by atoms with Gasteiger partial charge in [0.15, 0.2) is 5.82 Å². The molecule has 3 fully saturated rings. The molecule has 6 heterocycles. The standard InChI is InChI=1S/C36H39ClN8O2.C2H3N/c37-28-8-1-6-26-7-2-9-30(33(26)28)44-19-12-27-29(24-44)40-35(47-25-36-13-3-17-45(36)18-4-14-36)41-34(27)43-22-20-42(21-23-43)32(46)11-10-31-38-15-5-16-39-31;1-2-3/h1-2,5-11,15-16H,3-4,12-14,17-25H2;1H3/b11-10+;. The van der Waals surface area contributed by atoms with Crippen LogP contribution in [0.1, 0.15) is 49.7 Å². The first-order valence-corrected chi connectivity index (χ1v) is 17.9. The Bertz CT molecular complexity index is 1890. The number of nitriles is 1. The van der Waals surface area contributed by atoms with Crippen molar-refractivity contribution in [3.63, 3.8) is 0 Å². The normalized spacial score (nSPS) is 18.4. The highest BCUT2D eigenvalue weighted by molar-refractivity contribution is 6.36. The van der Waals surface area contributed by atoms with Gasteiger partial charge < -0.3 is 19.4 Å². The van der Waals surface area contributed by atoms with Crippen LogP contribution in [0.25, 0.3) is 16.8 Å². The van der Waals surface area contributed by atoms with E-state index >= 15 is 0 Å². The monoisotopic (exact) mass is 691 g/mol. The van der Waals surface area contributed by atoms with E-state index in [1.54, 1.807) is 36.7 Å². The minimum absolute atomic E-state index is 0.0350. The van der Waals surface area contributed by atoms with Crippen molar-refractivity contribution >= 4 is 45.9 Å². The molecule has 0 N–H and O–H groups in total. The lowest BCUT2D eigenvalue weighted by Crippen LogP contribution is -2.49. The number of halogens is 1. The van der Waals surface area contributed by atoms with Crippen LogP contribution >= 0.6 is 11.6 Å². The first kappa shape index (κ1) is 33.7. The predicted molar refractivity (Wildman–Crippen MR) is 195 cm³/mol. The summed E-state index contributed by atoms with van der Waals surface area (Å²) in [6.07, 6.45) is 12.2. The van der Waals surface area contributed by atoms with E-state index in [9.17, 15) is 4.79 Å². The highest BCUT2D eigenvalue weighted by Crippen LogP contribution is 2.40. The molecule has 0 atom stereocenters. The molecule has 0 radical (unpaired) electrons. The van der Waals surface area contributed by atoms with Crippen molar-refractivity contribution in [3.05, 3.63) is 83.0 Å². The first-order valence-electron chi connectivity index (χ1n) is 17.5. The van der Waals surface area contributed by atoms with Gasteiger partial charge in [-0.3, -0.25) is 9.69 Å². The quantitative estimate of drug-likeness (QED) is 0.229. The lowest BCUT2D eigenvalue weighted by Gasteiger charge is -2.38. The van der Waals surface area contributed by atoms with Gasteiger partial charge in [-0.2, -0.15) is 15.2 Å². The Labute approximate surface area is 298 Å². The number of anilines is 2. The van der Waals surface area contributed by atoms with Crippen LogP contribution in [0.5, 0.6) is 6.01 Å². The van der Waals surface area contributed by atoms with Crippen molar-refractivity contribution in [3.8, 4) is 12.1 Å². The second-order valence-electron chi connectivity index (χ2n) is 13.2. The Morgan fingerprint density at radius 1 is 0.960 bits per heavy atom. The fourth-order valence-electron chi connectivity index (χ4n) is 7.91. The molecule has 12 heteroatoms. The Balaban J connectivity index is 0.00000126. The number of aromatic nitrogens is 4. The summed E-state index contributed by atoms with van der Waals surface area (Å²) in [6, 6.07) is 16.4. The molecule has 11 nitrogen and oxygen atoms in total. The lowest BCUT2D eigenvalue weighted by molar-refractivity contribution is -0.126. The number of fused-ring (bicyclic) bond motifs is 3. The van der Waals surface area contributed by atoms with Gasteiger partial charge in [-0.1, -0.05) is 35.9 Å². The van der Waals surface area contributed by atoms with Gasteiger partial charge in [-0.15, -0.1) is 0 Å². The minimum Gasteiger partial charge on any atom is -0.461 e. The van der Waals surface area contributed by atoms with E-state index < -0.39 is 0 Å². The van der Waals surface area contributed by atoms with E-state index in [4.69, 9.17) is 31.6 Å². The maximum Gasteiger partial charge on any atom is 0.318 e. The summed E-state index contributed by atoms with van der Waals surface area (Å²) in [5.41, 5.74) is 3.39. The van der Waals surface area contributed by atoms with Crippen molar-refractivity contribution in [2.24, 2.45) is 0 Å². The van der Waals surface area contributed by atoms with Gasteiger partial charge in [0.1, 0.15) is 12.4 Å². The van der Waals surface area contributed by atoms with Crippen LogP contribution in [0.3, 0.4) is 0 Å². The van der Waals surface area contributed by atoms with Gasteiger partial charge in [0, 0.05) is 74.8 Å². The van der Waals surface area contributed by atoms with Gasteiger partial charge in [0.2, 0.25) is 5.91 Å². The number of carbonyl (C=O) groups is 1. The van der Waals surface area contributed by atoms with Crippen LogP contribution in [0.2, 0.25) is 5.02 Å². The number of nitrogens with zero attached hydrogens (tertiary/aromatic N) is 9. The molecular weight excluding hydrogens is 650 g/mol. The number of ether oxygens (including phenoxy) is 1. The molecule has 4 aromatic rings. The molecule has 0 bridgehead atoms. The van der Waals surface area contributed by atoms with Crippen molar-refractivity contribution < 1.29 is 9.53 Å². The van der Waals surface area contributed by atoms with Crippen LogP contribution in [0.4, 0.5) is 11.5 Å². The Morgan fingerprint density at radius 2 is 1.68 bits per heavy atom. The molecule has 0 spiro atoms. The molecular formula is C38H42ClN9O2. The van der Waals surface area contributed by atoms with E-state index in [1.807, 2.05) is 17.0 Å². The van der Waals surface area contributed by atoms with Crippen molar-refractivity contribution in [2.45, 2.75) is 51.1 Å². The summed E-state index contributed by atoms with van der Waals surface area (Å²) >= 11 is 6.74. The molecule has 2 aromatic carbocycles. The van der Waals surface area contributed by atoms with E-state index in [1.165, 1.54) is 38.2 Å². The molecule has 8 rings (SSSR count). The third-order valence-electron chi connectivity index (χ3n) is 10.3. The van der Waals surface area contributed by atoms with Gasteiger partial charge in [-0.25, -0.2) is 9.97 Å². The number of rotatable bonds is 7. The molecule has 0 unspecified atom stereocenters. The second kappa shape index (κ2) is 15.0. The van der Waals surface area contributed by atoms with Crippen LogP contribution in [0.15, 0.2) is 60.9 Å². The van der Waals surface area contributed by atoms with Gasteiger partial charge in [0.25, 0.3) is 0 Å². The summed E-state index contributed by atoms with van der Waals surface area (Å²) < 4.78 is 6.54. The molecule has 4 aliphatic rings. The number of hydrogen-bond donors (Lipinski definition) is 0. The average molecular weight is 692 g/mol. The maximum absolute atomic E-state index is 13.0. The summed E-state index contributed by atoms with van der Waals surface area (Å²) in [4.78, 5) is 40.7. The zero-order valence-electron chi connectivity index (χ0n) is 28.5. The second-order valence-corrected chi connectivity index (χ2v) is 13.6. The third-order valence-corrected chi connectivity index (χ3v) is 10.6. The topological polar surface area (TPSA) is 115 Å². The summed E-state index contributed by atoms with van der Waals surface area (Å²) in [5.74, 6) is 1.43. The third kappa shape index (κ3) is 6.96. The molecule has 50 heavy (non-hydrogen) atoms. The zero-order chi connectivity index (χ0) is 34.5. The number of carbonyl (C=O) groups excluding carboxylic acids is 1. The zero-order valence-corrected chi connectivity index (χ0v) is 29.2. The van der Waals surface area contributed by atoms with Gasteiger partial charge in [-0.05, 0) is 74.9 Å². The van der Waals surface area contributed by atoms with Crippen molar-refractivity contribution in [1.29, 1.82) is 5.26 Å². The van der Waals surface area contributed by atoms with Crippen molar-refractivity contribution in [2.75, 3.05) is 62.2 Å². The van der Waals surface area contributed by atoms with E-state index in [0.717, 1.165) is 59.0 Å². The first-order chi connectivity index (χ1) is 24.5. The summed E-state index contributed by atoms with van der Waals surface area (Å²) in [6.45, 7) is 8.41. The van der Waals surface area contributed by atoms with Crippen LogP contribution in [-0.2, 0) is 17.8 Å². The van der Waals surface area contributed by atoms with Gasteiger partial charge in [0.05, 0.1) is 28.9 Å². The number of amides is 1. The molecule has 0 aliphatic carbocycles. The van der Waals surface area contributed by atoms with E-state index in [-0.39, 0.29) is 11.4 Å². The molecule has 3 saturated heterocycles. The Morgan fingerprint density at radius 3 is 2.42 bits per heavy atom. The molecule has 2 aromatic heterocycles. The fourth-order valence-corrected chi connectivity index (χ4v) is 8.19. The minimum atomic E-state index is -0.0350. The number of hydrogen-bond acceptors (Lipinski definition) is 10. The lowest BCUT2D eigenvalue weighted by atomic mass is 9.95. The summed E-state index contributed by atoms with van der Waals surface area (Å²) in [5, 5.41) is 10.3. The molecule has 4 aliphatic heterocycles. The van der Waals surface area contributed by atoms with Crippen LogP contribution < -0.4 is 14.5 Å². The largest absolute Gasteiger partial charge is 0.461 e. The fraction of sp³-hybridized carbons (Fsp3) is 0.421. The highest BCUT2D eigenvalue weighted by atomic mass is 35.5. The smallest absolute Gasteiger partial charge is 0.318 e. The molecule has 1 amide bonds. The molecule has 0 saturated carbocycles. The van der Waals surface area contributed by atoms with Crippen molar-refractivity contribution in [1.82, 2.24) is 29.7 Å². The van der Waals surface area contributed by atoms with Crippen LogP contribution in [-0.4, -0.2) is 93.6 Å². The SMILES string of the molecule is CC#N.O=C(/C=C/c1ncccn1)N1CCN(c2nc(OCC34CCCN3CCC4)nc3c2CCN(c2cccc4cccc(Cl)c24)C3)CC1. The number of benzene rings is 2. The summed E-state index contributed by atoms with van der Waals surface area (Å²) in [7, 11) is 0. The maximum atomic E-state index is 13.0. The Hall–Kier alpha value is -4.79.